The molecule has 0 aliphatic heterocycles. The number of hydrogen-bond donors (Lipinski definition) is 0. The lowest BCUT2D eigenvalue weighted by Gasteiger charge is -1.99. The lowest BCUT2D eigenvalue weighted by atomic mass is 10.1. The van der Waals surface area contributed by atoms with E-state index < -0.39 is 0 Å². The van der Waals surface area contributed by atoms with Gasteiger partial charge in [0.25, 0.3) is 5.56 Å². The minimum absolute atomic E-state index is 0.0501. The number of fused-ring (bicyclic) bond motifs is 4. The molecule has 0 fully saturated rings. The molecular formula is C18H8N4O. The second kappa shape index (κ2) is 4.66. The van der Waals surface area contributed by atoms with Crippen LogP contribution in [0, 0.1) is 22.7 Å². The Kier molecular flexibility index (Phi) is 2.63. The summed E-state index contributed by atoms with van der Waals surface area (Å²) in [6.07, 6.45) is 0. The smallest absolute Gasteiger partial charge is 0.266 e. The van der Waals surface area contributed by atoms with Gasteiger partial charge in [0.05, 0.1) is 21.6 Å². The molecule has 106 valence electrons. The van der Waals surface area contributed by atoms with E-state index >= 15 is 0 Å². The van der Waals surface area contributed by atoms with E-state index in [9.17, 15) is 15.3 Å². The van der Waals surface area contributed by atoms with Crippen molar-refractivity contribution in [3.8, 4) is 12.1 Å². The topological polar surface area (TPSA) is 82.0 Å². The molecule has 2 aromatic heterocycles. The van der Waals surface area contributed by atoms with Crippen LogP contribution in [0.3, 0.4) is 0 Å². The molecule has 5 nitrogen and oxygen atoms in total. The zero-order valence-electron chi connectivity index (χ0n) is 11.8. The monoisotopic (exact) mass is 296 g/mol. The second-order valence-electron chi connectivity index (χ2n) is 5.08. The Balaban J connectivity index is 2.50. The molecule has 4 aromatic rings. The van der Waals surface area contributed by atoms with Gasteiger partial charge in [0.15, 0.2) is 5.65 Å². The van der Waals surface area contributed by atoms with Crippen LogP contribution in [0.25, 0.3) is 33.0 Å². The number of nitriles is 2. The summed E-state index contributed by atoms with van der Waals surface area (Å²) >= 11 is 0. The van der Waals surface area contributed by atoms with Gasteiger partial charge in [-0.3, -0.25) is 9.20 Å². The van der Waals surface area contributed by atoms with E-state index in [1.807, 2.05) is 24.3 Å². The van der Waals surface area contributed by atoms with E-state index in [0.717, 1.165) is 0 Å². The molecule has 0 radical (unpaired) electrons. The van der Waals surface area contributed by atoms with Gasteiger partial charge in [0, 0.05) is 5.39 Å². The average molecular weight is 296 g/mol. The van der Waals surface area contributed by atoms with Gasteiger partial charge in [-0.1, -0.05) is 30.3 Å². The van der Waals surface area contributed by atoms with Gasteiger partial charge >= 0.3 is 0 Å². The summed E-state index contributed by atoms with van der Waals surface area (Å²) in [5.41, 5.74) is 1.27. The number of rotatable bonds is 0. The van der Waals surface area contributed by atoms with Crippen molar-refractivity contribution in [2.45, 2.75) is 0 Å². The van der Waals surface area contributed by atoms with E-state index in [4.69, 9.17) is 0 Å². The second-order valence-corrected chi connectivity index (χ2v) is 5.08. The highest BCUT2D eigenvalue weighted by atomic mass is 16.1. The summed E-state index contributed by atoms with van der Waals surface area (Å²) < 4.78 is 1.47. The Labute approximate surface area is 129 Å². The fourth-order valence-corrected chi connectivity index (χ4v) is 2.91. The molecule has 0 unspecified atom stereocenters. The number of para-hydroxylation sites is 2. The van der Waals surface area contributed by atoms with Gasteiger partial charge < -0.3 is 0 Å². The number of benzene rings is 2. The Morgan fingerprint density at radius 3 is 2.35 bits per heavy atom. The molecule has 0 saturated carbocycles. The van der Waals surface area contributed by atoms with Gasteiger partial charge in [0.1, 0.15) is 17.7 Å². The quantitative estimate of drug-likeness (QED) is 0.496. The zero-order chi connectivity index (χ0) is 16.0. The predicted octanol–water partition coefficient (Wildman–Crippen LogP) is 1.92. The fraction of sp³-hybridized carbons (Fsp3) is 0. The molecule has 0 bridgehead atoms. The van der Waals surface area contributed by atoms with Crippen molar-refractivity contribution in [1.29, 1.82) is 10.5 Å². The van der Waals surface area contributed by atoms with Crippen LogP contribution < -0.4 is 10.8 Å². The molecule has 2 aromatic carbocycles. The van der Waals surface area contributed by atoms with Crippen molar-refractivity contribution < 1.29 is 0 Å². The fourth-order valence-electron chi connectivity index (χ4n) is 2.91. The number of aromatic nitrogens is 2. The maximum absolute atomic E-state index is 12.9. The van der Waals surface area contributed by atoms with Crippen molar-refractivity contribution in [1.82, 2.24) is 9.38 Å². The standard InChI is InChI=1S/C18H8N4O/c19-9-11(10-20)16-13-6-2-4-8-15(13)22-17(16)21-14-7-3-1-5-12(14)18(22)23/h1-8H. The van der Waals surface area contributed by atoms with Gasteiger partial charge in [-0.05, 0) is 18.2 Å². The average Bonchev–Trinajstić information content (AvgIpc) is 2.91. The zero-order valence-corrected chi connectivity index (χ0v) is 11.8. The van der Waals surface area contributed by atoms with Crippen LogP contribution in [0.4, 0.5) is 0 Å². The minimum Gasteiger partial charge on any atom is -0.268 e. The first-order valence-corrected chi connectivity index (χ1v) is 6.92. The van der Waals surface area contributed by atoms with Crippen molar-refractivity contribution in [3.05, 3.63) is 64.1 Å². The molecule has 0 N–H and O–H groups in total. The van der Waals surface area contributed by atoms with Crippen molar-refractivity contribution in [3.63, 3.8) is 0 Å². The Hall–Kier alpha value is -3.70. The third kappa shape index (κ3) is 1.65. The largest absolute Gasteiger partial charge is 0.268 e. The molecular weight excluding hydrogens is 288 g/mol. The lowest BCUT2D eigenvalue weighted by Crippen LogP contribution is -2.16. The molecule has 0 amide bonds. The third-order valence-electron chi connectivity index (χ3n) is 3.89. The van der Waals surface area contributed by atoms with Crippen LogP contribution in [0.1, 0.15) is 0 Å². The highest BCUT2D eigenvalue weighted by Crippen LogP contribution is 2.16. The predicted molar refractivity (Wildman–Crippen MR) is 86.3 cm³/mol. The minimum atomic E-state index is -0.205. The van der Waals surface area contributed by atoms with Gasteiger partial charge in [-0.15, -0.1) is 0 Å². The van der Waals surface area contributed by atoms with Gasteiger partial charge in [-0.2, -0.15) is 10.5 Å². The van der Waals surface area contributed by atoms with Crippen LogP contribution in [-0.2, 0) is 0 Å². The summed E-state index contributed by atoms with van der Waals surface area (Å²) in [5.74, 6) is 0. The molecule has 5 heteroatoms. The normalized spacial score (nSPS) is 10.7. The van der Waals surface area contributed by atoms with Crippen molar-refractivity contribution >= 4 is 33.0 Å². The number of nitrogens with zero attached hydrogens (tertiary/aromatic N) is 4. The summed E-state index contributed by atoms with van der Waals surface area (Å²) in [6, 6.07) is 18.1. The van der Waals surface area contributed by atoms with Crippen molar-refractivity contribution in [2.75, 3.05) is 0 Å². The summed E-state index contributed by atoms with van der Waals surface area (Å²) in [6.45, 7) is 0. The molecule has 0 aliphatic carbocycles. The third-order valence-corrected chi connectivity index (χ3v) is 3.89. The highest BCUT2D eigenvalue weighted by Gasteiger charge is 2.15. The Morgan fingerprint density at radius 2 is 1.61 bits per heavy atom. The van der Waals surface area contributed by atoms with Crippen LogP contribution in [-0.4, -0.2) is 9.38 Å². The molecule has 0 atom stereocenters. The van der Waals surface area contributed by atoms with Gasteiger partial charge in [0.2, 0.25) is 0 Å². The highest BCUT2D eigenvalue weighted by molar-refractivity contribution is 5.95. The van der Waals surface area contributed by atoms with Crippen LogP contribution in [0.5, 0.6) is 0 Å². The SMILES string of the molecule is N#CC(C#N)=c1c2ccccc2n2c(=O)c3ccccc3nc12. The lowest BCUT2D eigenvalue weighted by molar-refractivity contribution is 1.14. The molecule has 0 aliphatic rings. The van der Waals surface area contributed by atoms with E-state index in [1.165, 1.54) is 4.40 Å². The van der Waals surface area contributed by atoms with E-state index in [-0.39, 0.29) is 11.1 Å². The number of hydrogen-bond acceptors (Lipinski definition) is 4. The summed E-state index contributed by atoms with van der Waals surface area (Å²) in [4.78, 5) is 17.4. The van der Waals surface area contributed by atoms with Crippen molar-refractivity contribution in [2.24, 2.45) is 0 Å². The molecule has 0 spiro atoms. The van der Waals surface area contributed by atoms with Crippen LogP contribution >= 0.6 is 0 Å². The molecule has 23 heavy (non-hydrogen) atoms. The molecule has 4 rings (SSSR count). The maximum Gasteiger partial charge on any atom is 0.266 e. The summed E-state index contributed by atoms with van der Waals surface area (Å²) in [7, 11) is 0. The summed E-state index contributed by atoms with van der Waals surface area (Å²) in [5, 5.41) is 20.1. The van der Waals surface area contributed by atoms with Gasteiger partial charge in [-0.25, -0.2) is 4.98 Å². The van der Waals surface area contributed by atoms with E-state index in [0.29, 0.717) is 32.7 Å². The molecule has 2 heterocycles. The van der Waals surface area contributed by atoms with Crippen LogP contribution in [0.2, 0.25) is 0 Å². The first-order chi connectivity index (χ1) is 11.3. The Bertz CT molecular complexity index is 1290. The maximum atomic E-state index is 12.9. The van der Waals surface area contributed by atoms with E-state index in [2.05, 4.69) is 4.98 Å². The molecule has 0 saturated heterocycles. The first-order valence-electron chi connectivity index (χ1n) is 6.92. The first kappa shape index (κ1) is 13.0. The Morgan fingerprint density at radius 1 is 0.957 bits per heavy atom. The van der Waals surface area contributed by atoms with E-state index in [1.54, 1.807) is 36.4 Å². The van der Waals surface area contributed by atoms with Crippen LogP contribution in [0.15, 0.2) is 53.3 Å².